The predicted molar refractivity (Wildman–Crippen MR) is 89.6 cm³/mol. The number of halogens is 14. The van der Waals surface area contributed by atoms with Crippen LogP contribution in [0.5, 0.6) is 0 Å². The topological polar surface area (TPSA) is 0 Å². The molecule has 34 heavy (non-hydrogen) atoms. The van der Waals surface area contributed by atoms with Crippen molar-refractivity contribution >= 4 is 10.8 Å². The van der Waals surface area contributed by atoms with Crippen molar-refractivity contribution in [3.63, 3.8) is 0 Å². The molecule has 0 unspecified atom stereocenters. The van der Waals surface area contributed by atoms with E-state index >= 15 is 0 Å². The highest BCUT2D eigenvalue weighted by Gasteiger charge is 2.73. The molecule has 0 bridgehead atoms. The first-order valence-electron chi connectivity index (χ1n) is 8.37. The second-order valence-corrected chi connectivity index (χ2v) is 6.57. The van der Waals surface area contributed by atoms with E-state index in [1.807, 2.05) is 0 Å². The van der Waals surface area contributed by atoms with Crippen LogP contribution in [0.25, 0.3) is 10.8 Å². The molecule has 184 valence electrons. The second-order valence-electron chi connectivity index (χ2n) is 6.57. The molecule has 2 aromatic carbocycles. The summed E-state index contributed by atoms with van der Waals surface area (Å²) in [6, 6.07) is 5.59. The van der Waals surface area contributed by atoms with Crippen molar-refractivity contribution in [3.8, 4) is 23.7 Å². The average Bonchev–Trinajstić information content (AvgIpc) is 2.68. The van der Waals surface area contributed by atoms with Crippen molar-refractivity contribution in [1.82, 2.24) is 0 Å². The molecule has 2 rings (SSSR count). The smallest absolute Gasteiger partial charge is 0.188 e. The van der Waals surface area contributed by atoms with E-state index in [0.717, 1.165) is 36.4 Å². The summed E-state index contributed by atoms with van der Waals surface area (Å²) in [6.07, 6.45) is -13.2. The molecule has 0 nitrogen and oxygen atoms in total. The zero-order valence-corrected chi connectivity index (χ0v) is 15.8. The molecule has 0 radical (unpaired) electrons. The van der Waals surface area contributed by atoms with Crippen molar-refractivity contribution in [2.45, 2.75) is 36.0 Å². The van der Waals surface area contributed by atoms with Gasteiger partial charge in [-0.25, -0.2) is 0 Å². The van der Waals surface area contributed by atoms with Crippen LogP contribution in [-0.2, 0) is 0 Å². The van der Waals surface area contributed by atoms with Gasteiger partial charge in [0.05, 0.1) is 0 Å². The van der Waals surface area contributed by atoms with Crippen LogP contribution in [0.1, 0.15) is 11.1 Å². The Balaban J connectivity index is 2.37. The fraction of sp³-hybridized carbons (Fsp3) is 0.300. The van der Waals surface area contributed by atoms with Crippen LogP contribution in [0.4, 0.5) is 61.5 Å². The lowest BCUT2D eigenvalue weighted by molar-refractivity contribution is -0.339. The summed E-state index contributed by atoms with van der Waals surface area (Å²) in [7, 11) is 0. The lowest BCUT2D eigenvalue weighted by atomic mass is 10.0. The van der Waals surface area contributed by atoms with Gasteiger partial charge in [0.2, 0.25) is 0 Å². The Bertz CT molecular complexity index is 1100. The molecule has 0 saturated carbocycles. The molecule has 2 aromatic rings. The van der Waals surface area contributed by atoms with E-state index in [4.69, 9.17) is 0 Å². The van der Waals surface area contributed by atoms with Crippen molar-refractivity contribution in [3.05, 3.63) is 47.5 Å². The Kier molecular flexibility index (Phi) is 6.57. The summed E-state index contributed by atoms with van der Waals surface area (Å²) in [5.41, 5.74) is -0.916. The third-order valence-corrected chi connectivity index (χ3v) is 4.07. The SMILES string of the molecule is FC(F)(F)C(F)(F)C(F)(F)C#Cc1ccc2cc(C#CC(F)(F)C(F)(F)C(F)(F)F)ccc2c1. The van der Waals surface area contributed by atoms with E-state index in [1.165, 1.54) is 11.8 Å². The highest BCUT2D eigenvalue weighted by Crippen LogP contribution is 2.47. The van der Waals surface area contributed by atoms with Crippen molar-refractivity contribution in [2.75, 3.05) is 0 Å². The molecule has 0 spiro atoms. The number of benzene rings is 2. The van der Waals surface area contributed by atoms with E-state index in [1.54, 1.807) is 0 Å². The molecule has 0 saturated heterocycles. The zero-order chi connectivity index (χ0) is 26.4. The van der Waals surface area contributed by atoms with Gasteiger partial charge in [-0.1, -0.05) is 24.0 Å². The van der Waals surface area contributed by atoms with Gasteiger partial charge in [-0.05, 0) is 46.9 Å². The van der Waals surface area contributed by atoms with Crippen LogP contribution < -0.4 is 0 Å². The number of fused-ring (bicyclic) bond motifs is 1. The first kappa shape index (κ1) is 27.1. The van der Waals surface area contributed by atoms with E-state index in [9.17, 15) is 61.5 Å². The Morgan fingerprint density at radius 3 is 1.00 bits per heavy atom. The monoisotopic (exact) mass is 512 g/mol. The Morgan fingerprint density at radius 2 is 0.735 bits per heavy atom. The van der Waals surface area contributed by atoms with Crippen LogP contribution in [0, 0.1) is 23.7 Å². The first-order valence-corrected chi connectivity index (χ1v) is 8.37. The highest BCUT2D eigenvalue weighted by molar-refractivity contribution is 5.85. The summed E-state index contributed by atoms with van der Waals surface area (Å²) >= 11 is 0. The van der Waals surface area contributed by atoms with Crippen LogP contribution in [0.15, 0.2) is 36.4 Å². The molecular formula is C20H6F14. The third kappa shape index (κ3) is 5.00. The first-order chi connectivity index (χ1) is 15.1. The van der Waals surface area contributed by atoms with Crippen molar-refractivity contribution < 1.29 is 61.5 Å². The summed E-state index contributed by atoms with van der Waals surface area (Å²) in [5.74, 6) is -20.5. The number of alkyl halides is 14. The van der Waals surface area contributed by atoms with E-state index in [0.29, 0.717) is 11.8 Å². The minimum atomic E-state index is -6.58. The highest BCUT2D eigenvalue weighted by atomic mass is 19.4. The predicted octanol–water partition coefficient (Wildman–Crippen LogP) is 7.21. The number of hydrogen-bond donors (Lipinski definition) is 0. The summed E-state index contributed by atoms with van der Waals surface area (Å²) in [4.78, 5) is 0. The molecule has 0 amide bonds. The molecule has 0 aliphatic carbocycles. The summed E-state index contributed by atoms with van der Waals surface area (Å²) in [6.45, 7) is 0. The largest absolute Gasteiger partial charge is 0.461 e. The molecule has 0 atom stereocenters. The van der Waals surface area contributed by atoms with Gasteiger partial charge in [-0.2, -0.15) is 61.5 Å². The van der Waals surface area contributed by atoms with Crippen LogP contribution in [0.3, 0.4) is 0 Å². The third-order valence-electron chi connectivity index (χ3n) is 4.07. The van der Waals surface area contributed by atoms with E-state index in [-0.39, 0.29) is 10.8 Å². The maximum absolute atomic E-state index is 13.2. The number of hydrogen-bond acceptors (Lipinski definition) is 0. The minimum absolute atomic E-state index is 0.0376. The van der Waals surface area contributed by atoms with Crippen molar-refractivity contribution in [2.24, 2.45) is 0 Å². The fourth-order valence-electron chi connectivity index (χ4n) is 2.22. The number of rotatable bonds is 2. The molecule has 14 heteroatoms. The van der Waals surface area contributed by atoms with Gasteiger partial charge in [0.25, 0.3) is 0 Å². The van der Waals surface area contributed by atoms with E-state index in [2.05, 4.69) is 0 Å². The lowest BCUT2D eigenvalue weighted by Crippen LogP contribution is -2.51. The van der Waals surface area contributed by atoms with Crippen LogP contribution >= 0.6 is 0 Å². The maximum Gasteiger partial charge on any atom is 0.461 e. The average molecular weight is 512 g/mol. The van der Waals surface area contributed by atoms with Gasteiger partial charge in [0.1, 0.15) is 0 Å². The Morgan fingerprint density at radius 1 is 0.441 bits per heavy atom. The van der Waals surface area contributed by atoms with Gasteiger partial charge in [0, 0.05) is 11.1 Å². The Hall–Kier alpha value is -3.16. The van der Waals surface area contributed by atoms with Crippen LogP contribution in [0.2, 0.25) is 0 Å². The quantitative estimate of drug-likeness (QED) is 0.295. The second kappa shape index (κ2) is 8.25. The molecular weight excluding hydrogens is 506 g/mol. The van der Waals surface area contributed by atoms with Crippen molar-refractivity contribution in [1.29, 1.82) is 0 Å². The molecule has 0 fully saturated rings. The normalized spacial score (nSPS) is 13.7. The fourth-order valence-corrected chi connectivity index (χ4v) is 2.22. The van der Waals surface area contributed by atoms with Gasteiger partial charge in [-0.15, -0.1) is 0 Å². The van der Waals surface area contributed by atoms with Crippen LogP contribution in [-0.4, -0.2) is 36.0 Å². The summed E-state index contributed by atoms with van der Waals surface area (Å²) < 4.78 is 177. The Labute approximate surface area is 180 Å². The maximum atomic E-state index is 13.2. The van der Waals surface area contributed by atoms with Gasteiger partial charge in [-0.3, -0.25) is 0 Å². The summed E-state index contributed by atoms with van der Waals surface area (Å²) in [5, 5.41) is 0.0752. The van der Waals surface area contributed by atoms with E-state index < -0.39 is 47.2 Å². The lowest BCUT2D eigenvalue weighted by Gasteiger charge is -2.24. The molecule has 0 aliphatic rings. The molecule has 0 heterocycles. The standard InChI is InChI=1S/C20H6F14/c21-15(22,17(25,26)19(29,30)31)7-5-11-1-3-13-10-12(2-4-14(13)9-11)6-8-16(23,24)18(27,28)20(32,33)34/h1-4,9-10H. The molecule has 0 aliphatic heterocycles. The van der Waals surface area contributed by atoms with Gasteiger partial charge < -0.3 is 0 Å². The zero-order valence-electron chi connectivity index (χ0n) is 15.8. The molecule has 0 aromatic heterocycles. The van der Waals surface area contributed by atoms with Gasteiger partial charge >= 0.3 is 36.0 Å². The molecule has 0 N–H and O–H groups in total. The minimum Gasteiger partial charge on any atom is -0.188 e. The van der Waals surface area contributed by atoms with Gasteiger partial charge in [0.15, 0.2) is 0 Å².